The summed E-state index contributed by atoms with van der Waals surface area (Å²) in [6, 6.07) is 6.86. The highest BCUT2D eigenvalue weighted by molar-refractivity contribution is 5.54. The average molecular weight is 191 g/mol. The highest BCUT2D eigenvalue weighted by Crippen LogP contribution is 2.10. The molecule has 14 heavy (non-hydrogen) atoms. The maximum absolute atomic E-state index is 10.2. The third-order valence-electron chi connectivity index (χ3n) is 1.78. The van der Waals surface area contributed by atoms with Crippen LogP contribution >= 0.6 is 0 Å². The first-order valence-corrected chi connectivity index (χ1v) is 4.33. The first-order chi connectivity index (χ1) is 6.72. The van der Waals surface area contributed by atoms with Crippen LogP contribution in [0.1, 0.15) is 5.56 Å². The van der Waals surface area contributed by atoms with Gasteiger partial charge < -0.3 is 14.8 Å². The van der Waals surface area contributed by atoms with E-state index in [1.165, 1.54) is 0 Å². The van der Waals surface area contributed by atoms with E-state index in [-0.39, 0.29) is 5.75 Å². The van der Waals surface area contributed by atoms with Crippen molar-refractivity contribution >= 4 is 12.4 Å². The SMILES string of the molecule is CN(C=Cc1ccc(O)cc1)CC=O. The van der Waals surface area contributed by atoms with Crippen LogP contribution in [-0.2, 0) is 4.79 Å². The van der Waals surface area contributed by atoms with Crippen molar-refractivity contribution < 1.29 is 9.90 Å². The fourth-order valence-electron chi connectivity index (χ4n) is 0.977. The summed E-state index contributed by atoms with van der Waals surface area (Å²) in [6.07, 6.45) is 4.55. The molecule has 3 heteroatoms. The van der Waals surface area contributed by atoms with Crippen LogP contribution in [0.25, 0.3) is 6.08 Å². The molecule has 0 spiro atoms. The van der Waals surface area contributed by atoms with Crippen molar-refractivity contribution in [2.75, 3.05) is 13.6 Å². The Balaban J connectivity index is 2.59. The van der Waals surface area contributed by atoms with Crippen LogP contribution in [0.2, 0.25) is 0 Å². The lowest BCUT2D eigenvalue weighted by Gasteiger charge is -2.07. The Bertz CT molecular complexity index is 317. The Kier molecular flexibility index (Phi) is 3.73. The van der Waals surface area contributed by atoms with Crippen molar-refractivity contribution in [1.82, 2.24) is 4.90 Å². The van der Waals surface area contributed by atoms with E-state index in [0.29, 0.717) is 6.54 Å². The van der Waals surface area contributed by atoms with E-state index in [2.05, 4.69) is 0 Å². The highest BCUT2D eigenvalue weighted by Gasteiger charge is 1.90. The Hall–Kier alpha value is -1.77. The number of carbonyl (C=O) groups is 1. The Morgan fingerprint density at radius 1 is 1.36 bits per heavy atom. The molecule has 0 aliphatic carbocycles. The molecule has 3 nitrogen and oxygen atoms in total. The zero-order chi connectivity index (χ0) is 10.4. The molecule has 0 atom stereocenters. The van der Waals surface area contributed by atoms with Crippen molar-refractivity contribution in [3.63, 3.8) is 0 Å². The molecule has 0 saturated heterocycles. The normalized spacial score (nSPS) is 10.4. The molecule has 0 aliphatic rings. The standard InChI is InChI=1S/C11H13NO2/c1-12(8-9-13)7-6-10-2-4-11(14)5-3-10/h2-7,9,14H,8H2,1H3. The molecule has 1 aromatic rings. The topological polar surface area (TPSA) is 40.5 Å². The lowest BCUT2D eigenvalue weighted by molar-refractivity contribution is -0.108. The van der Waals surface area contributed by atoms with Crippen molar-refractivity contribution in [2.45, 2.75) is 0 Å². The fourth-order valence-corrected chi connectivity index (χ4v) is 0.977. The summed E-state index contributed by atoms with van der Waals surface area (Å²) >= 11 is 0. The fraction of sp³-hybridized carbons (Fsp3) is 0.182. The number of carbonyl (C=O) groups excluding carboxylic acids is 1. The maximum Gasteiger partial charge on any atom is 0.139 e. The van der Waals surface area contributed by atoms with Gasteiger partial charge in [0.15, 0.2) is 0 Å². The Morgan fingerprint density at radius 3 is 2.57 bits per heavy atom. The van der Waals surface area contributed by atoms with E-state index in [0.717, 1.165) is 11.8 Å². The van der Waals surface area contributed by atoms with E-state index < -0.39 is 0 Å². The van der Waals surface area contributed by atoms with Crippen molar-refractivity contribution in [3.8, 4) is 5.75 Å². The zero-order valence-electron chi connectivity index (χ0n) is 8.05. The molecule has 0 radical (unpaired) electrons. The average Bonchev–Trinajstić information content (AvgIpc) is 2.17. The predicted octanol–water partition coefficient (Wildman–Crippen LogP) is 1.49. The molecule has 0 bridgehead atoms. The number of aromatic hydroxyl groups is 1. The third-order valence-corrected chi connectivity index (χ3v) is 1.78. The molecule has 0 aliphatic heterocycles. The summed E-state index contributed by atoms with van der Waals surface area (Å²) < 4.78 is 0. The van der Waals surface area contributed by atoms with Gasteiger partial charge in [-0.05, 0) is 30.0 Å². The van der Waals surface area contributed by atoms with Crippen molar-refractivity contribution in [3.05, 3.63) is 36.0 Å². The smallest absolute Gasteiger partial charge is 0.139 e. The molecule has 0 fully saturated rings. The number of rotatable bonds is 4. The van der Waals surface area contributed by atoms with Gasteiger partial charge in [-0.25, -0.2) is 0 Å². The molecule has 0 unspecified atom stereocenters. The van der Waals surface area contributed by atoms with Gasteiger partial charge in [-0.3, -0.25) is 0 Å². The summed E-state index contributed by atoms with van der Waals surface area (Å²) in [6.45, 7) is 0.384. The monoisotopic (exact) mass is 191 g/mol. The van der Waals surface area contributed by atoms with E-state index in [9.17, 15) is 4.79 Å². The van der Waals surface area contributed by atoms with Crippen LogP contribution in [-0.4, -0.2) is 29.9 Å². The number of nitrogens with zero attached hydrogens (tertiary/aromatic N) is 1. The minimum atomic E-state index is 0.253. The van der Waals surface area contributed by atoms with Crippen LogP contribution in [0.15, 0.2) is 30.5 Å². The van der Waals surface area contributed by atoms with Crippen molar-refractivity contribution in [1.29, 1.82) is 0 Å². The van der Waals surface area contributed by atoms with Gasteiger partial charge in [-0.2, -0.15) is 0 Å². The van der Waals surface area contributed by atoms with Crippen LogP contribution in [0, 0.1) is 0 Å². The molecule has 0 saturated carbocycles. The van der Waals surface area contributed by atoms with Gasteiger partial charge in [-0.15, -0.1) is 0 Å². The number of hydrogen-bond acceptors (Lipinski definition) is 3. The molecule has 0 amide bonds. The van der Waals surface area contributed by atoms with Gasteiger partial charge >= 0.3 is 0 Å². The summed E-state index contributed by atoms with van der Waals surface area (Å²) in [5.41, 5.74) is 0.987. The molecular formula is C11H13NO2. The molecule has 0 aromatic heterocycles. The molecule has 74 valence electrons. The van der Waals surface area contributed by atoms with Crippen LogP contribution in [0.4, 0.5) is 0 Å². The van der Waals surface area contributed by atoms with Gasteiger partial charge in [0, 0.05) is 7.05 Å². The van der Waals surface area contributed by atoms with Crippen LogP contribution in [0.5, 0.6) is 5.75 Å². The number of benzene rings is 1. The second-order valence-electron chi connectivity index (χ2n) is 3.01. The Labute approximate surface area is 83.3 Å². The summed E-state index contributed by atoms with van der Waals surface area (Å²) in [4.78, 5) is 11.9. The van der Waals surface area contributed by atoms with Gasteiger partial charge in [-0.1, -0.05) is 12.1 Å². The predicted molar refractivity (Wildman–Crippen MR) is 55.8 cm³/mol. The van der Waals surface area contributed by atoms with Crippen molar-refractivity contribution in [2.24, 2.45) is 0 Å². The van der Waals surface area contributed by atoms with Crippen LogP contribution in [0.3, 0.4) is 0 Å². The second-order valence-corrected chi connectivity index (χ2v) is 3.01. The van der Waals surface area contributed by atoms with Gasteiger partial charge in [0.25, 0.3) is 0 Å². The first kappa shape index (κ1) is 10.3. The van der Waals surface area contributed by atoms with E-state index in [4.69, 9.17) is 5.11 Å². The largest absolute Gasteiger partial charge is 0.508 e. The Morgan fingerprint density at radius 2 is 2.00 bits per heavy atom. The van der Waals surface area contributed by atoms with Gasteiger partial charge in [0.05, 0.1) is 6.54 Å². The number of aldehydes is 1. The minimum absolute atomic E-state index is 0.253. The van der Waals surface area contributed by atoms with Gasteiger partial charge in [0.1, 0.15) is 12.0 Å². The quantitative estimate of drug-likeness (QED) is 0.733. The summed E-state index contributed by atoms with van der Waals surface area (Å²) in [5.74, 6) is 0.253. The number of phenols is 1. The molecule has 0 heterocycles. The number of phenolic OH excluding ortho intramolecular Hbond substituents is 1. The van der Waals surface area contributed by atoms with E-state index in [1.807, 2.05) is 19.3 Å². The second kappa shape index (κ2) is 5.07. The molecule has 1 aromatic carbocycles. The zero-order valence-corrected chi connectivity index (χ0v) is 8.05. The minimum Gasteiger partial charge on any atom is -0.508 e. The highest BCUT2D eigenvalue weighted by atomic mass is 16.3. The number of hydrogen-bond donors (Lipinski definition) is 1. The third kappa shape index (κ3) is 3.31. The first-order valence-electron chi connectivity index (χ1n) is 4.33. The number of likely N-dealkylation sites (N-methyl/N-ethyl adjacent to an activating group) is 1. The van der Waals surface area contributed by atoms with Crippen LogP contribution < -0.4 is 0 Å². The summed E-state index contributed by atoms with van der Waals surface area (Å²) in [7, 11) is 1.82. The van der Waals surface area contributed by atoms with E-state index in [1.54, 1.807) is 29.2 Å². The van der Waals surface area contributed by atoms with E-state index >= 15 is 0 Å². The lowest BCUT2D eigenvalue weighted by atomic mass is 10.2. The summed E-state index contributed by atoms with van der Waals surface area (Å²) in [5, 5.41) is 9.04. The maximum atomic E-state index is 10.2. The lowest BCUT2D eigenvalue weighted by Crippen LogP contribution is -2.12. The molecular weight excluding hydrogens is 178 g/mol. The molecule has 1 rings (SSSR count). The molecule has 1 N–H and O–H groups in total. The van der Waals surface area contributed by atoms with Gasteiger partial charge in [0.2, 0.25) is 0 Å².